The summed E-state index contributed by atoms with van der Waals surface area (Å²) in [6.45, 7) is 2.04. The maximum absolute atomic E-state index is 6.03. The van der Waals surface area contributed by atoms with Gasteiger partial charge in [0.2, 0.25) is 0 Å². The smallest absolute Gasteiger partial charge is 0.199 e. The maximum Gasteiger partial charge on any atom is 0.199 e. The molecule has 0 saturated heterocycles. The number of hydrogen-bond acceptors (Lipinski definition) is 2. The summed E-state index contributed by atoms with van der Waals surface area (Å²) in [5.74, 6) is 0.869. The molecule has 0 aliphatic rings. The minimum Gasteiger partial charge on any atom is -0.439 e. The lowest BCUT2D eigenvalue weighted by atomic mass is 10.2. The van der Waals surface area contributed by atoms with Gasteiger partial charge >= 0.3 is 0 Å². The summed E-state index contributed by atoms with van der Waals surface area (Å²) in [7, 11) is 3.91. The highest BCUT2D eigenvalue weighted by atomic mass is 35.5. The third-order valence-electron chi connectivity index (χ3n) is 2.30. The second-order valence-electron chi connectivity index (χ2n) is 3.54. The van der Waals surface area contributed by atoms with E-state index < -0.39 is 0 Å². The zero-order valence-corrected chi connectivity index (χ0v) is 9.22. The van der Waals surface area contributed by atoms with Gasteiger partial charge in [-0.05, 0) is 13.0 Å². The summed E-state index contributed by atoms with van der Waals surface area (Å²) in [4.78, 5) is 1.95. The number of nitrogens with zero attached hydrogens (tertiary/aromatic N) is 1. The van der Waals surface area contributed by atoms with Gasteiger partial charge in [0.05, 0.1) is 5.02 Å². The van der Waals surface area contributed by atoms with Crippen LogP contribution in [0.3, 0.4) is 0 Å². The molecule has 2 nitrogen and oxygen atoms in total. The standard InChI is InChI=1S/C11H12ClNO/c1-7-8-5-4-6-9(12)10(8)14-11(7)13(2)3/h4-6H,1-3H3. The zero-order chi connectivity index (χ0) is 10.3. The first-order valence-corrected chi connectivity index (χ1v) is 4.84. The number of hydrogen-bond donors (Lipinski definition) is 0. The predicted octanol–water partition coefficient (Wildman–Crippen LogP) is 3.46. The molecule has 0 bridgehead atoms. The van der Waals surface area contributed by atoms with Crippen LogP contribution in [0.15, 0.2) is 22.6 Å². The Kier molecular flexibility index (Phi) is 2.16. The third-order valence-corrected chi connectivity index (χ3v) is 2.59. The van der Waals surface area contributed by atoms with Crippen LogP contribution >= 0.6 is 11.6 Å². The molecule has 0 spiro atoms. The molecule has 0 radical (unpaired) electrons. The van der Waals surface area contributed by atoms with Gasteiger partial charge in [0.25, 0.3) is 0 Å². The van der Waals surface area contributed by atoms with Crippen molar-refractivity contribution in [3.8, 4) is 0 Å². The molecule has 1 aromatic heterocycles. The van der Waals surface area contributed by atoms with E-state index in [1.165, 1.54) is 0 Å². The molecule has 14 heavy (non-hydrogen) atoms. The van der Waals surface area contributed by atoms with Crippen LogP contribution in [0.25, 0.3) is 11.0 Å². The Labute approximate surface area is 88.1 Å². The van der Waals surface area contributed by atoms with Gasteiger partial charge < -0.3 is 9.32 Å². The van der Waals surface area contributed by atoms with Crippen molar-refractivity contribution in [3.05, 3.63) is 28.8 Å². The number of benzene rings is 1. The second kappa shape index (κ2) is 3.21. The lowest BCUT2D eigenvalue weighted by Gasteiger charge is -2.08. The van der Waals surface area contributed by atoms with Crippen LogP contribution in [0.4, 0.5) is 5.88 Å². The molecule has 1 heterocycles. The van der Waals surface area contributed by atoms with Gasteiger partial charge in [0.15, 0.2) is 11.5 Å². The Bertz CT molecular complexity index is 473. The average Bonchev–Trinajstić information content (AvgIpc) is 2.46. The SMILES string of the molecule is Cc1c(N(C)C)oc2c(Cl)cccc12. The number of rotatable bonds is 1. The molecule has 2 rings (SSSR count). The molecule has 2 aromatic rings. The van der Waals surface area contributed by atoms with Gasteiger partial charge in [0, 0.05) is 25.0 Å². The molecule has 0 aliphatic carbocycles. The van der Waals surface area contributed by atoms with Crippen molar-refractivity contribution in [1.82, 2.24) is 0 Å². The fourth-order valence-corrected chi connectivity index (χ4v) is 1.84. The Morgan fingerprint density at radius 1 is 1.29 bits per heavy atom. The number of aryl methyl sites for hydroxylation is 1. The van der Waals surface area contributed by atoms with Crippen molar-refractivity contribution in [2.75, 3.05) is 19.0 Å². The molecular formula is C11H12ClNO. The second-order valence-corrected chi connectivity index (χ2v) is 3.95. The molecule has 0 fully saturated rings. The maximum atomic E-state index is 6.03. The summed E-state index contributed by atoms with van der Waals surface area (Å²) in [5.41, 5.74) is 1.91. The first-order chi connectivity index (χ1) is 6.61. The first kappa shape index (κ1) is 9.41. The molecular weight excluding hydrogens is 198 g/mol. The third kappa shape index (κ3) is 1.26. The number of para-hydroxylation sites is 1. The van der Waals surface area contributed by atoms with Crippen molar-refractivity contribution >= 4 is 28.5 Å². The molecule has 0 aliphatic heterocycles. The van der Waals surface area contributed by atoms with E-state index in [1.807, 2.05) is 44.1 Å². The van der Waals surface area contributed by atoms with Crippen LogP contribution in [0.5, 0.6) is 0 Å². The molecule has 0 saturated carbocycles. The van der Waals surface area contributed by atoms with E-state index in [2.05, 4.69) is 0 Å². The molecule has 1 aromatic carbocycles. The summed E-state index contributed by atoms with van der Waals surface area (Å²) in [5, 5.41) is 1.75. The van der Waals surface area contributed by atoms with Crippen molar-refractivity contribution in [2.24, 2.45) is 0 Å². The van der Waals surface area contributed by atoms with E-state index in [0.717, 1.165) is 22.4 Å². The van der Waals surface area contributed by atoms with Crippen molar-refractivity contribution in [2.45, 2.75) is 6.92 Å². The van der Waals surface area contributed by atoms with Crippen molar-refractivity contribution < 1.29 is 4.42 Å². The van der Waals surface area contributed by atoms with Crippen molar-refractivity contribution in [1.29, 1.82) is 0 Å². The molecule has 0 N–H and O–H groups in total. The van der Waals surface area contributed by atoms with Crippen LogP contribution in [0, 0.1) is 6.92 Å². The molecule has 74 valence electrons. The van der Waals surface area contributed by atoms with E-state index in [4.69, 9.17) is 16.0 Å². The molecule has 0 unspecified atom stereocenters. The van der Waals surface area contributed by atoms with Crippen LogP contribution in [-0.2, 0) is 0 Å². The van der Waals surface area contributed by atoms with Crippen LogP contribution < -0.4 is 4.90 Å². The lowest BCUT2D eigenvalue weighted by molar-refractivity contribution is 0.607. The van der Waals surface area contributed by atoms with Gasteiger partial charge in [-0.1, -0.05) is 23.7 Å². The number of fused-ring (bicyclic) bond motifs is 1. The van der Waals surface area contributed by atoms with Crippen LogP contribution in [0.1, 0.15) is 5.56 Å². The Balaban J connectivity index is 2.80. The number of furan rings is 1. The highest BCUT2D eigenvalue weighted by Crippen LogP contribution is 2.34. The van der Waals surface area contributed by atoms with Gasteiger partial charge in [-0.2, -0.15) is 0 Å². The van der Waals surface area contributed by atoms with Gasteiger partial charge in [-0.25, -0.2) is 0 Å². The highest BCUT2D eigenvalue weighted by Gasteiger charge is 2.13. The Hall–Kier alpha value is -1.15. The Morgan fingerprint density at radius 3 is 2.57 bits per heavy atom. The van der Waals surface area contributed by atoms with E-state index in [0.29, 0.717) is 5.02 Å². The topological polar surface area (TPSA) is 16.4 Å². The fraction of sp³-hybridized carbons (Fsp3) is 0.273. The average molecular weight is 210 g/mol. The van der Waals surface area contributed by atoms with E-state index in [9.17, 15) is 0 Å². The predicted molar refractivity (Wildman–Crippen MR) is 60.3 cm³/mol. The summed E-state index contributed by atoms with van der Waals surface area (Å²) in [6, 6.07) is 5.80. The highest BCUT2D eigenvalue weighted by molar-refractivity contribution is 6.35. The number of halogens is 1. The number of anilines is 1. The lowest BCUT2D eigenvalue weighted by Crippen LogP contribution is -2.08. The first-order valence-electron chi connectivity index (χ1n) is 4.46. The molecule has 0 atom stereocenters. The molecule has 3 heteroatoms. The fourth-order valence-electron chi connectivity index (χ4n) is 1.62. The largest absolute Gasteiger partial charge is 0.439 e. The van der Waals surface area contributed by atoms with E-state index in [1.54, 1.807) is 0 Å². The summed E-state index contributed by atoms with van der Waals surface area (Å²) < 4.78 is 5.68. The van der Waals surface area contributed by atoms with Crippen LogP contribution in [0.2, 0.25) is 5.02 Å². The van der Waals surface area contributed by atoms with Gasteiger partial charge in [0.1, 0.15) is 0 Å². The minimum absolute atomic E-state index is 0.665. The van der Waals surface area contributed by atoms with Gasteiger partial charge in [-0.15, -0.1) is 0 Å². The van der Waals surface area contributed by atoms with Gasteiger partial charge in [-0.3, -0.25) is 0 Å². The normalized spacial score (nSPS) is 10.9. The monoisotopic (exact) mass is 209 g/mol. The summed E-state index contributed by atoms with van der Waals surface area (Å²) >= 11 is 6.03. The quantitative estimate of drug-likeness (QED) is 0.715. The minimum atomic E-state index is 0.665. The van der Waals surface area contributed by atoms with E-state index >= 15 is 0 Å². The zero-order valence-electron chi connectivity index (χ0n) is 8.47. The van der Waals surface area contributed by atoms with Crippen molar-refractivity contribution in [3.63, 3.8) is 0 Å². The van der Waals surface area contributed by atoms with E-state index in [-0.39, 0.29) is 0 Å². The van der Waals surface area contributed by atoms with Crippen LogP contribution in [-0.4, -0.2) is 14.1 Å². The Morgan fingerprint density at radius 2 is 2.00 bits per heavy atom. The summed E-state index contributed by atoms with van der Waals surface area (Å²) in [6.07, 6.45) is 0. The molecule has 0 amide bonds.